The third kappa shape index (κ3) is 5.46. The van der Waals surface area contributed by atoms with Gasteiger partial charge in [0.15, 0.2) is 0 Å². The number of carbonyl (C=O) groups excluding carboxylic acids is 2. The van der Waals surface area contributed by atoms with Crippen molar-refractivity contribution in [2.75, 3.05) is 5.32 Å². The van der Waals surface area contributed by atoms with Crippen LogP contribution in [0.4, 0.5) is 14.9 Å². The lowest BCUT2D eigenvalue weighted by Crippen LogP contribution is -2.35. The van der Waals surface area contributed by atoms with Crippen LogP contribution in [0.5, 0.6) is 0 Å². The fraction of sp³-hybridized carbons (Fsp3) is 0.261. The third-order valence-corrected chi connectivity index (χ3v) is 5.42. The molecule has 0 atom stereocenters. The Hall–Kier alpha value is -3.10. The van der Waals surface area contributed by atoms with Crippen molar-refractivity contribution >= 4 is 40.8 Å². The third-order valence-electron chi connectivity index (χ3n) is 4.84. The second-order valence-corrected chi connectivity index (χ2v) is 8.68. The Kier molecular flexibility index (Phi) is 7.61. The van der Waals surface area contributed by atoms with Crippen LogP contribution in [0.25, 0.3) is 11.3 Å². The van der Waals surface area contributed by atoms with Gasteiger partial charge in [-0.1, -0.05) is 63.0 Å². The van der Waals surface area contributed by atoms with E-state index >= 15 is 0 Å². The molecular formula is C23H22Cl2FN5O2. The molecule has 0 unspecified atom stereocenters. The van der Waals surface area contributed by atoms with E-state index < -0.39 is 17.8 Å². The first-order valence-corrected chi connectivity index (χ1v) is 10.9. The number of carbonyl (C=O) groups is 2. The number of rotatable bonds is 5. The minimum absolute atomic E-state index is 0.00872. The van der Waals surface area contributed by atoms with Crippen LogP contribution in [0.3, 0.4) is 0 Å². The Labute approximate surface area is 200 Å². The van der Waals surface area contributed by atoms with Crippen molar-refractivity contribution in [2.45, 2.75) is 39.5 Å². The number of hydrogen-bond acceptors (Lipinski definition) is 5. The number of amides is 3. The molecule has 0 saturated heterocycles. The lowest BCUT2D eigenvalue weighted by molar-refractivity contribution is 0.0967. The van der Waals surface area contributed by atoms with E-state index in [4.69, 9.17) is 23.2 Å². The van der Waals surface area contributed by atoms with Crippen LogP contribution in [-0.2, 0) is 0 Å². The average molecular weight is 490 g/mol. The molecule has 0 aliphatic carbocycles. The van der Waals surface area contributed by atoms with E-state index in [0.29, 0.717) is 11.4 Å². The highest BCUT2D eigenvalue weighted by atomic mass is 35.5. The first-order valence-electron chi connectivity index (χ1n) is 10.2. The van der Waals surface area contributed by atoms with E-state index in [9.17, 15) is 14.0 Å². The van der Waals surface area contributed by atoms with Crippen LogP contribution in [-0.4, -0.2) is 27.1 Å². The Morgan fingerprint density at radius 2 is 1.76 bits per heavy atom. The normalized spacial score (nSPS) is 11.1. The Balaban J connectivity index is 1.85. The maximum Gasteiger partial charge on any atom is 0.326 e. The van der Waals surface area contributed by atoms with E-state index in [1.807, 2.05) is 27.7 Å². The van der Waals surface area contributed by atoms with E-state index in [0.717, 1.165) is 5.56 Å². The van der Waals surface area contributed by atoms with Crippen molar-refractivity contribution in [3.05, 3.63) is 69.3 Å². The molecular weight excluding hydrogens is 468 g/mol. The Bertz CT molecular complexity index is 1190. The predicted molar refractivity (Wildman–Crippen MR) is 126 cm³/mol. The van der Waals surface area contributed by atoms with Crippen molar-refractivity contribution in [3.63, 3.8) is 0 Å². The zero-order chi connectivity index (χ0) is 24.3. The standard InChI is InChI=1S/C23H22Cl2FN5O2/c1-11(2)15-10-27-31-18(12(3)4)20(15)29-23(33)30-22(32)14-9-16(24)19(28-21(14)25)13-7-5-6-8-17(13)26/h5-12H,1-4H3,(H2,27,29,30,32,33). The molecule has 0 saturated carbocycles. The zero-order valence-electron chi connectivity index (χ0n) is 18.4. The van der Waals surface area contributed by atoms with Gasteiger partial charge in [-0.2, -0.15) is 10.2 Å². The van der Waals surface area contributed by atoms with Gasteiger partial charge in [-0.05, 0) is 30.0 Å². The number of imide groups is 1. The summed E-state index contributed by atoms with van der Waals surface area (Å²) in [5, 5.41) is 12.8. The number of aromatic nitrogens is 3. The van der Waals surface area contributed by atoms with Gasteiger partial charge in [0.1, 0.15) is 11.0 Å². The van der Waals surface area contributed by atoms with Gasteiger partial charge in [-0.25, -0.2) is 14.2 Å². The van der Waals surface area contributed by atoms with E-state index in [1.165, 1.54) is 24.3 Å². The first kappa shape index (κ1) is 24.5. The molecule has 0 spiro atoms. The van der Waals surface area contributed by atoms with Crippen LogP contribution >= 0.6 is 23.2 Å². The molecule has 172 valence electrons. The Morgan fingerprint density at radius 3 is 2.39 bits per heavy atom. The van der Waals surface area contributed by atoms with Crippen LogP contribution in [0.15, 0.2) is 36.5 Å². The Morgan fingerprint density at radius 1 is 1.06 bits per heavy atom. The van der Waals surface area contributed by atoms with Crippen molar-refractivity contribution < 1.29 is 14.0 Å². The number of hydrogen-bond donors (Lipinski definition) is 2. The highest BCUT2D eigenvalue weighted by Crippen LogP contribution is 2.32. The highest BCUT2D eigenvalue weighted by molar-refractivity contribution is 6.36. The van der Waals surface area contributed by atoms with Crippen molar-refractivity contribution in [1.82, 2.24) is 20.5 Å². The molecule has 1 aromatic carbocycles. The van der Waals surface area contributed by atoms with Crippen molar-refractivity contribution in [2.24, 2.45) is 0 Å². The molecule has 0 fully saturated rings. The van der Waals surface area contributed by atoms with Crippen molar-refractivity contribution in [1.29, 1.82) is 0 Å². The molecule has 2 aromatic heterocycles. The minimum Gasteiger partial charge on any atom is -0.305 e. The summed E-state index contributed by atoms with van der Waals surface area (Å²) >= 11 is 12.4. The van der Waals surface area contributed by atoms with E-state index in [-0.39, 0.29) is 38.8 Å². The second-order valence-electron chi connectivity index (χ2n) is 7.91. The quantitative estimate of drug-likeness (QED) is 0.416. The fourth-order valence-electron chi connectivity index (χ4n) is 3.18. The molecule has 3 aromatic rings. The summed E-state index contributed by atoms with van der Waals surface area (Å²) < 4.78 is 14.1. The molecule has 0 radical (unpaired) electrons. The maximum atomic E-state index is 14.1. The molecule has 33 heavy (non-hydrogen) atoms. The number of benzene rings is 1. The number of anilines is 1. The molecule has 2 N–H and O–H groups in total. The van der Waals surface area contributed by atoms with Crippen molar-refractivity contribution in [3.8, 4) is 11.3 Å². The van der Waals surface area contributed by atoms with Gasteiger partial charge in [0, 0.05) is 11.1 Å². The molecule has 7 nitrogen and oxygen atoms in total. The summed E-state index contributed by atoms with van der Waals surface area (Å²) in [5.41, 5.74) is 1.98. The summed E-state index contributed by atoms with van der Waals surface area (Å²) in [6.07, 6.45) is 1.58. The number of nitrogens with zero attached hydrogens (tertiary/aromatic N) is 3. The van der Waals surface area contributed by atoms with Gasteiger partial charge in [0.25, 0.3) is 5.91 Å². The monoisotopic (exact) mass is 489 g/mol. The average Bonchev–Trinajstić information content (AvgIpc) is 2.75. The number of nitrogens with one attached hydrogen (secondary N) is 2. The lowest BCUT2D eigenvalue weighted by Gasteiger charge is -2.18. The van der Waals surface area contributed by atoms with Gasteiger partial charge < -0.3 is 5.32 Å². The molecule has 0 aliphatic rings. The summed E-state index contributed by atoms with van der Waals surface area (Å²) in [4.78, 5) is 29.4. The lowest BCUT2D eigenvalue weighted by atomic mass is 9.99. The van der Waals surface area contributed by atoms with Crippen LogP contribution in [0.1, 0.15) is 61.1 Å². The van der Waals surface area contributed by atoms with Crippen LogP contribution in [0.2, 0.25) is 10.2 Å². The first-order chi connectivity index (χ1) is 15.6. The minimum atomic E-state index is -0.814. The van der Waals surface area contributed by atoms with Crippen LogP contribution in [0, 0.1) is 5.82 Å². The highest BCUT2D eigenvalue weighted by Gasteiger charge is 2.22. The topological polar surface area (TPSA) is 96.9 Å². The smallest absolute Gasteiger partial charge is 0.305 e. The SMILES string of the molecule is CC(C)c1cnnc(C(C)C)c1NC(=O)NC(=O)c1cc(Cl)c(-c2ccccc2F)nc1Cl. The summed E-state index contributed by atoms with van der Waals surface area (Å²) in [6.45, 7) is 7.76. The molecule has 10 heteroatoms. The van der Waals surface area contributed by atoms with Gasteiger partial charge in [0.05, 0.1) is 33.9 Å². The number of halogens is 3. The van der Waals surface area contributed by atoms with E-state index in [2.05, 4.69) is 25.8 Å². The molecule has 0 bridgehead atoms. The van der Waals surface area contributed by atoms with E-state index in [1.54, 1.807) is 12.3 Å². The van der Waals surface area contributed by atoms with Gasteiger partial charge in [-0.3, -0.25) is 10.1 Å². The molecule has 2 heterocycles. The van der Waals surface area contributed by atoms with Crippen LogP contribution < -0.4 is 10.6 Å². The second kappa shape index (κ2) is 10.2. The largest absolute Gasteiger partial charge is 0.326 e. The molecule has 0 aliphatic heterocycles. The predicted octanol–water partition coefficient (Wildman–Crippen LogP) is 6.19. The number of pyridine rings is 1. The fourth-order valence-corrected chi connectivity index (χ4v) is 3.65. The zero-order valence-corrected chi connectivity index (χ0v) is 19.9. The van der Waals surface area contributed by atoms with Gasteiger partial charge >= 0.3 is 6.03 Å². The summed E-state index contributed by atoms with van der Waals surface area (Å²) in [7, 11) is 0. The summed E-state index contributed by atoms with van der Waals surface area (Å²) in [6, 6.07) is 6.38. The number of urea groups is 1. The maximum absolute atomic E-state index is 14.1. The summed E-state index contributed by atoms with van der Waals surface area (Å²) in [5.74, 6) is -1.29. The molecule has 3 amide bonds. The van der Waals surface area contributed by atoms with Gasteiger partial charge in [0.2, 0.25) is 0 Å². The van der Waals surface area contributed by atoms with Gasteiger partial charge in [-0.15, -0.1) is 0 Å². The molecule has 3 rings (SSSR count).